The number of rotatable bonds is 2. The summed E-state index contributed by atoms with van der Waals surface area (Å²) in [5, 5.41) is 0. The van der Waals surface area contributed by atoms with Gasteiger partial charge >= 0.3 is 0 Å². The Hall–Kier alpha value is -0.250. The largest absolute Gasteiger partial charge is 1.00 e. The lowest BCUT2D eigenvalue weighted by Gasteiger charge is -1.95. The first-order valence-electron chi connectivity index (χ1n) is 3.09. The molecule has 1 aromatic heterocycles. The van der Waals surface area contributed by atoms with Crippen LogP contribution < -0.4 is 30.5 Å². The highest BCUT2D eigenvalue weighted by Crippen LogP contribution is 1.92. The van der Waals surface area contributed by atoms with Crippen LogP contribution in [0.5, 0.6) is 0 Å². The van der Waals surface area contributed by atoms with Crippen molar-refractivity contribution in [2.24, 2.45) is 0 Å². The molecule has 1 rings (SSSR count). The van der Waals surface area contributed by atoms with E-state index in [-0.39, 0.29) is 24.8 Å². The molecule has 5 heteroatoms. The van der Waals surface area contributed by atoms with Crippen molar-refractivity contribution < 1.29 is 30.5 Å². The van der Waals surface area contributed by atoms with E-state index < -0.39 is 0 Å². The number of nitrogens with one attached hydrogen (secondary N) is 1. The van der Waals surface area contributed by atoms with Crippen molar-refractivity contribution in [3.05, 3.63) is 18.2 Å². The first-order chi connectivity index (χ1) is 4.29. The number of aromatic amines is 1. The van der Waals surface area contributed by atoms with Crippen molar-refractivity contribution in [3.8, 4) is 0 Å². The molecule has 0 aliphatic heterocycles. The van der Waals surface area contributed by atoms with Crippen LogP contribution in [0.3, 0.4) is 0 Å². The predicted molar refractivity (Wildman–Crippen MR) is 34.6 cm³/mol. The first kappa shape index (κ1) is 13.3. The molecule has 0 spiro atoms. The Balaban J connectivity index is 0. The fourth-order valence-electron chi connectivity index (χ4n) is 0.772. The predicted octanol–water partition coefficient (Wildman–Crippen LogP) is -6.41. The zero-order valence-electron chi connectivity index (χ0n) is 6.35. The topological polar surface area (TPSA) is 56.3 Å². The lowest BCUT2D eigenvalue weighted by Crippen LogP contribution is -3.00. The van der Waals surface area contributed by atoms with Crippen LogP contribution in [0, 0.1) is 0 Å². The Morgan fingerprint density at radius 3 is 2.64 bits per heavy atom. The quantitative estimate of drug-likeness (QED) is 0.486. The molecule has 0 radical (unpaired) electrons. The normalized spacial score (nSPS) is 11.1. The average Bonchev–Trinajstić information content (AvgIpc) is 2.15. The molecule has 4 N–H and O–H groups in total. The molecular formula is C6H12Cl2N3-. The van der Waals surface area contributed by atoms with E-state index >= 15 is 0 Å². The molecule has 0 unspecified atom stereocenters. The number of H-pyrrole nitrogens is 1. The molecule has 0 amide bonds. The summed E-state index contributed by atoms with van der Waals surface area (Å²) in [6, 6.07) is 0.463. The van der Waals surface area contributed by atoms with Gasteiger partial charge in [-0.3, -0.25) is 0 Å². The van der Waals surface area contributed by atoms with Crippen molar-refractivity contribution in [1.82, 2.24) is 9.97 Å². The lowest BCUT2D eigenvalue weighted by molar-refractivity contribution is -0.413. The van der Waals surface area contributed by atoms with Gasteiger partial charge in [0.2, 0.25) is 0 Å². The molecule has 0 aromatic carbocycles. The summed E-state index contributed by atoms with van der Waals surface area (Å²) in [7, 11) is 0. The van der Waals surface area contributed by atoms with Crippen molar-refractivity contribution >= 4 is 0 Å². The van der Waals surface area contributed by atoms with Crippen LogP contribution in [0.15, 0.2) is 12.5 Å². The van der Waals surface area contributed by atoms with E-state index in [4.69, 9.17) is 0 Å². The highest BCUT2D eigenvalue weighted by molar-refractivity contribution is 4.94. The molecule has 0 aliphatic carbocycles. The smallest absolute Gasteiger partial charge is 0.0921 e. The second-order valence-corrected chi connectivity index (χ2v) is 2.39. The summed E-state index contributed by atoms with van der Waals surface area (Å²) in [5.74, 6) is 0. The molecular weight excluding hydrogens is 185 g/mol. The molecule has 0 bridgehead atoms. The molecule has 0 fully saturated rings. The van der Waals surface area contributed by atoms with E-state index in [1.165, 1.54) is 0 Å². The maximum Gasteiger partial charge on any atom is 0.0921 e. The summed E-state index contributed by atoms with van der Waals surface area (Å²) in [6.07, 6.45) is 4.51. The van der Waals surface area contributed by atoms with Crippen LogP contribution >= 0.6 is 0 Å². The van der Waals surface area contributed by atoms with Gasteiger partial charge in [-0.25, -0.2) is 4.98 Å². The summed E-state index contributed by atoms with van der Waals surface area (Å²) in [4.78, 5) is 6.91. The van der Waals surface area contributed by atoms with Crippen LogP contribution in [0.1, 0.15) is 12.6 Å². The minimum absolute atomic E-state index is 0. The molecule has 66 valence electrons. The van der Waals surface area contributed by atoms with Gasteiger partial charge in [0.25, 0.3) is 0 Å². The van der Waals surface area contributed by atoms with Gasteiger partial charge in [0.15, 0.2) is 0 Å². The van der Waals surface area contributed by atoms with E-state index in [2.05, 4.69) is 22.6 Å². The van der Waals surface area contributed by atoms with Crippen LogP contribution in [0.25, 0.3) is 0 Å². The Bertz CT molecular complexity index is 162. The third-order valence-corrected chi connectivity index (χ3v) is 1.12. The van der Waals surface area contributed by atoms with Gasteiger partial charge < -0.3 is 35.5 Å². The summed E-state index contributed by atoms with van der Waals surface area (Å²) in [6.45, 7) is 2.08. The number of hydrogen-bond donors (Lipinski definition) is 2. The second-order valence-electron chi connectivity index (χ2n) is 2.39. The van der Waals surface area contributed by atoms with Crippen LogP contribution in [-0.4, -0.2) is 16.0 Å². The summed E-state index contributed by atoms with van der Waals surface area (Å²) >= 11 is 0. The van der Waals surface area contributed by atoms with Gasteiger partial charge in [-0.1, -0.05) is 0 Å². The minimum atomic E-state index is 0. The second kappa shape index (κ2) is 6.46. The zero-order valence-corrected chi connectivity index (χ0v) is 7.86. The van der Waals surface area contributed by atoms with Crippen molar-refractivity contribution in [2.75, 3.05) is 0 Å². The van der Waals surface area contributed by atoms with E-state index in [0.29, 0.717) is 6.04 Å². The van der Waals surface area contributed by atoms with Crippen molar-refractivity contribution in [3.63, 3.8) is 0 Å². The summed E-state index contributed by atoms with van der Waals surface area (Å²) in [5.41, 5.74) is 5.03. The Kier molecular flexibility index (Phi) is 7.84. The lowest BCUT2D eigenvalue weighted by atomic mass is 10.2. The number of aromatic nitrogens is 2. The van der Waals surface area contributed by atoms with Crippen LogP contribution in [-0.2, 0) is 6.42 Å². The molecule has 0 saturated heterocycles. The van der Waals surface area contributed by atoms with Crippen molar-refractivity contribution in [2.45, 2.75) is 19.4 Å². The van der Waals surface area contributed by atoms with E-state index in [9.17, 15) is 0 Å². The maximum absolute atomic E-state index is 3.89. The van der Waals surface area contributed by atoms with Gasteiger partial charge in [-0.2, -0.15) is 0 Å². The Labute approximate surface area is 78.6 Å². The molecule has 1 heterocycles. The minimum Gasteiger partial charge on any atom is -1.00 e. The average molecular weight is 197 g/mol. The number of imidazole rings is 1. The standard InChI is InChI=1S/C6H11N3.2ClH/c1-5(7)2-6-3-8-4-9-6;;/h3-5H,2,7H2,1H3,(H,8,9);2*1H/p-1/t5-;;/m1../s1. The monoisotopic (exact) mass is 196 g/mol. The number of hydrogen-bond acceptors (Lipinski definition) is 1. The third kappa shape index (κ3) is 5.07. The van der Waals surface area contributed by atoms with E-state index in [0.717, 1.165) is 12.1 Å². The molecule has 0 aliphatic rings. The van der Waals surface area contributed by atoms with Gasteiger partial charge in [0.1, 0.15) is 0 Å². The highest BCUT2D eigenvalue weighted by atomic mass is 35.5. The number of quaternary nitrogens is 1. The molecule has 1 atom stereocenters. The van der Waals surface area contributed by atoms with Crippen LogP contribution in [0.2, 0.25) is 0 Å². The SMILES string of the molecule is C[C@@H]([NH3+])Cc1cnc[nH]1.[Cl-].[Cl-]. The van der Waals surface area contributed by atoms with Crippen molar-refractivity contribution in [1.29, 1.82) is 0 Å². The van der Waals surface area contributed by atoms with E-state index in [1.807, 2.05) is 6.20 Å². The van der Waals surface area contributed by atoms with Gasteiger partial charge in [0, 0.05) is 18.3 Å². The van der Waals surface area contributed by atoms with Crippen LogP contribution in [0.4, 0.5) is 0 Å². The molecule has 0 saturated carbocycles. The Morgan fingerprint density at radius 2 is 2.27 bits per heavy atom. The van der Waals surface area contributed by atoms with Gasteiger partial charge in [-0.15, -0.1) is 0 Å². The van der Waals surface area contributed by atoms with Gasteiger partial charge in [0.05, 0.1) is 12.4 Å². The Morgan fingerprint density at radius 1 is 1.64 bits per heavy atom. The highest BCUT2D eigenvalue weighted by Gasteiger charge is 1.99. The maximum atomic E-state index is 3.89. The number of nitrogens with zero attached hydrogens (tertiary/aromatic N) is 1. The fraction of sp³-hybridized carbons (Fsp3) is 0.500. The summed E-state index contributed by atoms with van der Waals surface area (Å²) < 4.78 is 0. The molecule has 3 nitrogen and oxygen atoms in total. The fourth-order valence-corrected chi connectivity index (χ4v) is 0.772. The van der Waals surface area contributed by atoms with Gasteiger partial charge in [-0.05, 0) is 6.92 Å². The van der Waals surface area contributed by atoms with E-state index in [1.54, 1.807) is 6.33 Å². The zero-order chi connectivity index (χ0) is 6.69. The third-order valence-electron chi connectivity index (χ3n) is 1.12. The number of halogens is 2. The molecule has 11 heavy (non-hydrogen) atoms. The molecule has 1 aromatic rings. The first-order valence-corrected chi connectivity index (χ1v) is 3.09.